The van der Waals surface area contributed by atoms with E-state index in [4.69, 9.17) is 15.2 Å². The van der Waals surface area contributed by atoms with Crippen LogP contribution < -0.4 is 15.2 Å². The second-order valence-electron chi connectivity index (χ2n) is 8.33. The molecule has 0 fully saturated rings. The summed E-state index contributed by atoms with van der Waals surface area (Å²) in [4.78, 5) is 23.4. The van der Waals surface area contributed by atoms with Gasteiger partial charge in [-0.1, -0.05) is 42.5 Å². The number of nitriles is 1. The Kier molecular flexibility index (Phi) is 5.87. The van der Waals surface area contributed by atoms with E-state index in [0.717, 1.165) is 5.56 Å². The van der Waals surface area contributed by atoms with Gasteiger partial charge < -0.3 is 15.2 Å². The lowest BCUT2D eigenvalue weighted by Crippen LogP contribution is -2.21. The quantitative estimate of drug-likeness (QED) is 0.175. The van der Waals surface area contributed by atoms with Gasteiger partial charge in [-0.25, -0.2) is 4.79 Å². The maximum atomic E-state index is 12.8. The highest BCUT2D eigenvalue weighted by Gasteiger charge is 2.35. The number of nitro benzene ring substituents is 1. The Morgan fingerprint density at radius 2 is 1.95 bits per heavy atom. The van der Waals surface area contributed by atoms with Gasteiger partial charge in [-0.15, -0.1) is 5.10 Å². The maximum absolute atomic E-state index is 12.8. The van der Waals surface area contributed by atoms with Crippen LogP contribution in [0.3, 0.4) is 0 Å². The molecule has 0 radical (unpaired) electrons. The molecule has 3 aromatic carbocycles. The third-order valence-corrected chi connectivity index (χ3v) is 6.03. The standard InChI is InChI=1S/C27H19N5O5/c1-15-12-18(10-11-21(15)32(34)35)27(33)36-19-9-5-8-17(13-19)22-20(14-28)25(29)37-26-23(22)24(30-31-26)16-6-3-2-4-7-16/h2-13,22H,29H2,1H3,(H,30,31)/t22-/m0/s1. The number of hydrogen-bond acceptors (Lipinski definition) is 8. The third-order valence-electron chi connectivity index (χ3n) is 6.03. The number of H-pyrrole nitrogens is 1. The number of carbonyl (C=O) groups excluding carboxylic acids is 1. The minimum atomic E-state index is -0.674. The number of carbonyl (C=O) groups is 1. The van der Waals surface area contributed by atoms with Crippen LogP contribution in [0.25, 0.3) is 11.3 Å². The summed E-state index contributed by atoms with van der Waals surface area (Å²) in [6, 6.07) is 22.4. The lowest BCUT2D eigenvalue weighted by Gasteiger charge is -2.24. The van der Waals surface area contributed by atoms with E-state index in [-0.39, 0.29) is 34.3 Å². The Morgan fingerprint density at radius 3 is 2.65 bits per heavy atom. The van der Waals surface area contributed by atoms with Gasteiger partial charge in [-0.2, -0.15) is 5.26 Å². The number of aryl methyl sites for hydroxylation is 1. The molecule has 1 aliphatic rings. The third kappa shape index (κ3) is 4.26. The topological polar surface area (TPSA) is 157 Å². The van der Waals surface area contributed by atoms with Crippen molar-refractivity contribution >= 4 is 11.7 Å². The first-order valence-electron chi connectivity index (χ1n) is 11.2. The molecule has 0 unspecified atom stereocenters. The number of esters is 1. The monoisotopic (exact) mass is 493 g/mol. The molecular weight excluding hydrogens is 474 g/mol. The molecule has 4 aromatic rings. The van der Waals surface area contributed by atoms with Crippen LogP contribution in [0.2, 0.25) is 0 Å². The van der Waals surface area contributed by atoms with Crippen LogP contribution >= 0.6 is 0 Å². The van der Waals surface area contributed by atoms with Gasteiger partial charge in [0.1, 0.15) is 17.4 Å². The maximum Gasteiger partial charge on any atom is 0.343 e. The number of allylic oxidation sites excluding steroid dienone is 1. The average Bonchev–Trinajstić information content (AvgIpc) is 3.31. The van der Waals surface area contributed by atoms with E-state index in [1.54, 1.807) is 31.2 Å². The molecule has 37 heavy (non-hydrogen) atoms. The molecule has 2 heterocycles. The van der Waals surface area contributed by atoms with Crippen LogP contribution in [-0.2, 0) is 0 Å². The molecule has 3 N–H and O–H groups in total. The minimum absolute atomic E-state index is 0.0603. The minimum Gasteiger partial charge on any atom is -0.423 e. The predicted octanol–water partition coefficient (Wildman–Crippen LogP) is 4.73. The number of benzene rings is 3. The molecule has 0 saturated carbocycles. The second kappa shape index (κ2) is 9.31. The van der Waals surface area contributed by atoms with Gasteiger partial charge in [0.25, 0.3) is 5.69 Å². The highest BCUT2D eigenvalue weighted by molar-refractivity contribution is 5.91. The zero-order valence-electron chi connectivity index (χ0n) is 19.5. The van der Waals surface area contributed by atoms with Gasteiger partial charge >= 0.3 is 5.97 Å². The number of ether oxygens (including phenoxy) is 2. The lowest BCUT2D eigenvalue weighted by molar-refractivity contribution is -0.385. The van der Waals surface area contributed by atoms with Crippen LogP contribution in [0.4, 0.5) is 5.69 Å². The summed E-state index contributed by atoms with van der Waals surface area (Å²) < 4.78 is 11.2. The molecule has 0 bridgehead atoms. The summed E-state index contributed by atoms with van der Waals surface area (Å²) in [6.45, 7) is 1.55. The first-order chi connectivity index (χ1) is 17.9. The van der Waals surface area contributed by atoms with Crippen molar-refractivity contribution in [2.45, 2.75) is 12.8 Å². The van der Waals surface area contributed by atoms with E-state index >= 15 is 0 Å². The van der Waals surface area contributed by atoms with Gasteiger partial charge in [-0.05, 0) is 42.3 Å². The summed E-state index contributed by atoms with van der Waals surface area (Å²) in [5, 5.41) is 28.3. The van der Waals surface area contributed by atoms with E-state index < -0.39 is 16.8 Å². The zero-order chi connectivity index (χ0) is 26.1. The summed E-state index contributed by atoms with van der Waals surface area (Å²) in [5.41, 5.74) is 9.47. The largest absolute Gasteiger partial charge is 0.423 e. The van der Waals surface area contributed by atoms with Crippen molar-refractivity contribution in [2.75, 3.05) is 0 Å². The highest BCUT2D eigenvalue weighted by atomic mass is 16.6. The molecule has 0 aliphatic carbocycles. The van der Waals surface area contributed by atoms with Gasteiger partial charge in [-0.3, -0.25) is 15.2 Å². The lowest BCUT2D eigenvalue weighted by atomic mass is 9.83. The molecule has 182 valence electrons. The second-order valence-corrected chi connectivity index (χ2v) is 8.33. The Labute approximate surface area is 210 Å². The molecule has 1 aromatic heterocycles. The fraction of sp³-hybridized carbons (Fsp3) is 0.0741. The molecule has 1 atom stereocenters. The summed E-state index contributed by atoms with van der Waals surface area (Å²) in [6.07, 6.45) is 0. The SMILES string of the molecule is Cc1cc(C(=O)Oc2cccc([C@H]3C(C#N)=C(N)Oc4n[nH]c(-c5ccccc5)c43)c2)ccc1[N+](=O)[O-]. The molecule has 10 nitrogen and oxygen atoms in total. The van der Waals surface area contributed by atoms with Crippen LogP contribution in [-0.4, -0.2) is 21.1 Å². The molecular formula is C27H19N5O5. The number of nitrogens with zero attached hydrogens (tertiary/aromatic N) is 3. The van der Waals surface area contributed by atoms with E-state index in [2.05, 4.69) is 16.3 Å². The van der Waals surface area contributed by atoms with E-state index in [0.29, 0.717) is 22.4 Å². The molecule has 0 spiro atoms. The van der Waals surface area contributed by atoms with Gasteiger partial charge in [0.2, 0.25) is 11.8 Å². The average molecular weight is 493 g/mol. The highest BCUT2D eigenvalue weighted by Crippen LogP contribution is 2.46. The normalized spacial score (nSPS) is 14.3. The number of hydrogen-bond donors (Lipinski definition) is 2. The molecule has 10 heteroatoms. The Balaban J connectivity index is 1.52. The molecule has 0 amide bonds. The number of nitro groups is 1. The van der Waals surface area contributed by atoms with Crippen molar-refractivity contribution in [1.29, 1.82) is 5.26 Å². The van der Waals surface area contributed by atoms with E-state index in [1.165, 1.54) is 18.2 Å². The van der Waals surface area contributed by atoms with Crippen molar-refractivity contribution in [2.24, 2.45) is 5.73 Å². The van der Waals surface area contributed by atoms with E-state index in [1.807, 2.05) is 30.3 Å². The number of nitrogens with two attached hydrogens (primary N) is 1. The Bertz CT molecular complexity index is 1620. The van der Waals surface area contributed by atoms with Crippen molar-refractivity contribution in [3.63, 3.8) is 0 Å². The number of nitrogens with one attached hydrogen (secondary N) is 1. The first-order valence-corrected chi connectivity index (χ1v) is 11.2. The summed E-state index contributed by atoms with van der Waals surface area (Å²) in [7, 11) is 0. The van der Waals surface area contributed by atoms with Gasteiger partial charge in [0.15, 0.2) is 0 Å². The fourth-order valence-corrected chi connectivity index (χ4v) is 4.31. The number of fused-ring (bicyclic) bond motifs is 1. The predicted molar refractivity (Wildman–Crippen MR) is 133 cm³/mol. The fourth-order valence-electron chi connectivity index (χ4n) is 4.31. The molecule has 1 aliphatic heterocycles. The van der Waals surface area contributed by atoms with Gasteiger partial charge in [0, 0.05) is 11.6 Å². The van der Waals surface area contributed by atoms with Crippen LogP contribution in [0.1, 0.15) is 33.0 Å². The summed E-state index contributed by atoms with van der Waals surface area (Å²) in [5.74, 6) is -0.888. The zero-order valence-corrected chi connectivity index (χ0v) is 19.5. The van der Waals surface area contributed by atoms with Crippen molar-refractivity contribution < 1.29 is 19.2 Å². The van der Waals surface area contributed by atoms with Crippen molar-refractivity contribution in [3.8, 4) is 29.0 Å². The van der Waals surface area contributed by atoms with Crippen LogP contribution in [0.15, 0.2) is 84.3 Å². The molecule has 5 rings (SSSR count). The number of aromatic amines is 1. The number of rotatable bonds is 5. The van der Waals surface area contributed by atoms with Gasteiger partial charge in [0.05, 0.1) is 27.7 Å². The van der Waals surface area contributed by atoms with E-state index in [9.17, 15) is 20.2 Å². The summed E-state index contributed by atoms with van der Waals surface area (Å²) >= 11 is 0. The van der Waals surface area contributed by atoms with Crippen molar-refractivity contribution in [3.05, 3.63) is 117 Å². The van der Waals surface area contributed by atoms with Crippen LogP contribution in [0, 0.1) is 28.4 Å². The Hall–Kier alpha value is -5.43. The van der Waals surface area contributed by atoms with Crippen LogP contribution in [0.5, 0.6) is 11.6 Å². The first kappa shape index (κ1) is 23.3. The molecule has 0 saturated heterocycles. The smallest absolute Gasteiger partial charge is 0.343 e. The number of aromatic nitrogens is 2. The van der Waals surface area contributed by atoms with Crippen molar-refractivity contribution in [1.82, 2.24) is 10.2 Å². The Morgan fingerprint density at radius 1 is 1.16 bits per heavy atom.